The summed E-state index contributed by atoms with van der Waals surface area (Å²) >= 11 is 6.07. The van der Waals surface area contributed by atoms with E-state index in [2.05, 4.69) is 21.9 Å². The monoisotopic (exact) mass is 472 g/mol. The van der Waals surface area contributed by atoms with Crippen molar-refractivity contribution in [3.63, 3.8) is 0 Å². The van der Waals surface area contributed by atoms with Crippen molar-refractivity contribution in [2.24, 2.45) is 0 Å². The summed E-state index contributed by atoms with van der Waals surface area (Å²) in [6, 6.07) is 4.91. The molecule has 0 aliphatic carbocycles. The van der Waals surface area contributed by atoms with Gasteiger partial charge in [0.1, 0.15) is 17.0 Å². The summed E-state index contributed by atoms with van der Waals surface area (Å²) in [6.45, 7) is 2.44. The Labute approximate surface area is 185 Å². The maximum atomic E-state index is 14.0. The SMILES string of the molecule is C=CC(=O)N1CC(c2cc(Cl)nc(-c3cc(F)nc(C(=O)NC)c3)c2)O[C@@H](C(F)(F)F)C1. The molecule has 1 aliphatic rings. The Kier molecular flexibility index (Phi) is 6.79. The molecule has 1 saturated heterocycles. The van der Waals surface area contributed by atoms with Gasteiger partial charge in [-0.3, -0.25) is 9.59 Å². The smallest absolute Gasteiger partial charge is 0.357 e. The fourth-order valence-corrected chi connectivity index (χ4v) is 3.39. The first kappa shape index (κ1) is 23.6. The van der Waals surface area contributed by atoms with Gasteiger partial charge in [0.2, 0.25) is 11.9 Å². The minimum Gasteiger partial charge on any atom is -0.357 e. The van der Waals surface area contributed by atoms with Crippen LogP contribution in [0.5, 0.6) is 0 Å². The van der Waals surface area contributed by atoms with Crippen LogP contribution < -0.4 is 5.32 Å². The number of nitrogens with one attached hydrogen (secondary N) is 1. The minimum atomic E-state index is -4.71. The summed E-state index contributed by atoms with van der Waals surface area (Å²) in [6.07, 6.45) is -7.21. The quantitative estimate of drug-likeness (QED) is 0.419. The van der Waals surface area contributed by atoms with Gasteiger partial charge >= 0.3 is 6.18 Å². The summed E-state index contributed by atoms with van der Waals surface area (Å²) < 4.78 is 59.3. The van der Waals surface area contributed by atoms with E-state index in [1.54, 1.807) is 0 Å². The van der Waals surface area contributed by atoms with E-state index in [9.17, 15) is 27.2 Å². The maximum Gasteiger partial charge on any atom is 0.416 e. The molecule has 2 amide bonds. The number of carbonyl (C=O) groups excluding carboxylic acids is 2. The molecule has 1 aliphatic heterocycles. The van der Waals surface area contributed by atoms with Crippen LogP contribution in [0.3, 0.4) is 0 Å². The lowest BCUT2D eigenvalue weighted by Gasteiger charge is -2.38. The highest BCUT2D eigenvalue weighted by Crippen LogP contribution is 2.35. The average Bonchev–Trinajstić information content (AvgIpc) is 2.76. The molecule has 12 heteroatoms. The molecule has 0 aromatic carbocycles. The van der Waals surface area contributed by atoms with Crippen molar-refractivity contribution in [3.8, 4) is 11.3 Å². The van der Waals surface area contributed by atoms with Gasteiger partial charge in [0.15, 0.2) is 6.10 Å². The Balaban J connectivity index is 2.02. The first-order valence-corrected chi connectivity index (χ1v) is 9.60. The standard InChI is InChI=1S/C20H17ClF4N4O3/c1-3-18(30)29-8-14(32-15(9-29)20(23,24)25)11-5-12(27-16(21)6-11)10-4-13(19(31)26-2)28-17(22)7-10/h3-7,14-15H,1,8-9H2,2H3,(H,26,31)/t14?,15-/m1/s1. The van der Waals surface area contributed by atoms with Crippen molar-refractivity contribution < 1.29 is 31.9 Å². The molecular formula is C20H17ClF4N4O3. The second-order valence-electron chi connectivity index (χ2n) is 6.85. The third-order valence-corrected chi connectivity index (χ3v) is 4.88. The molecule has 3 heterocycles. The molecular weight excluding hydrogens is 456 g/mol. The lowest BCUT2D eigenvalue weighted by atomic mass is 10.0. The van der Waals surface area contributed by atoms with Crippen LogP contribution in [0.25, 0.3) is 11.3 Å². The third-order valence-electron chi connectivity index (χ3n) is 4.69. The van der Waals surface area contributed by atoms with E-state index in [-0.39, 0.29) is 34.2 Å². The average molecular weight is 473 g/mol. The van der Waals surface area contributed by atoms with Gasteiger partial charge in [0, 0.05) is 18.7 Å². The second kappa shape index (κ2) is 9.21. The van der Waals surface area contributed by atoms with E-state index in [0.29, 0.717) is 0 Å². The Hall–Kier alpha value is -3.05. The number of hydrogen-bond acceptors (Lipinski definition) is 5. The van der Waals surface area contributed by atoms with Crippen molar-refractivity contribution in [3.05, 3.63) is 59.3 Å². The molecule has 0 bridgehead atoms. The Morgan fingerprint density at radius 1 is 1.25 bits per heavy atom. The van der Waals surface area contributed by atoms with Crippen LogP contribution >= 0.6 is 11.6 Å². The van der Waals surface area contributed by atoms with E-state index in [1.165, 1.54) is 25.2 Å². The Morgan fingerprint density at radius 3 is 2.59 bits per heavy atom. The number of ether oxygens (including phenoxy) is 1. The first-order valence-electron chi connectivity index (χ1n) is 9.23. The molecule has 2 atom stereocenters. The highest BCUT2D eigenvalue weighted by molar-refractivity contribution is 6.29. The highest BCUT2D eigenvalue weighted by Gasteiger charge is 2.47. The van der Waals surface area contributed by atoms with E-state index >= 15 is 0 Å². The number of aromatic nitrogens is 2. The summed E-state index contributed by atoms with van der Waals surface area (Å²) in [5.41, 5.74) is 0.175. The van der Waals surface area contributed by atoms with Crippen LogP contribution in [0.15, 0.2) is 36.9 Å². The molecule has 3 rings (SSSR count). The fourth-order valence-electron chi connectivity index (χ4n) is 3.17. The number of nitrogens with zero attached hydrogens (tertiary/aromatic N) is 3. The summed E-state index contributed by atoms with van der Waals surface area (Å²) in [5.74, 6) is -2.28. The topological polar surface area (TPSA) is 84.4 Å². The van der Waals surface area contributed by atoms with Crippen LogP contribution in [0.4, 0.5) is 17.6 Å². The number of carbonyl (C=O) groups is 2. The molecule has 1 unspecified atom stereocenters. The number of alkyl halides is 3. The van der Waals surface area contributed by atoms with Crippen molar-refractivity contribution in [2.75, 3.05) is 20.1 Å². The van der Waals surface area contributed by atoms with Gasteiger partial charge in [-0.05, 0) is 29.8 Å². The molecule has 0 saturated carbocycles. The molecule has 32 heavy (non-hydrogen) atoms. The highest BCUT2D eigenvalue weighted by atomic mass is 35.5. The van der Waals surface area contributed by atoms with Crippen molar-refractivity contribution >= 4 is 23.4 Å². The second-order valence-corrected chi connectivity index (χ2v) is 7.24. The molecule has 1 N–H and O–H groups in total. The van der Waals surface area contributed by atoms with Crippen LogP contribution in [0.2, 0.25) is 5.15 Å². The third kappa shape index (κ3) is 5.22. The molecule has 2 aromatic rings. The lowest BCUT2D eigenvalue weighted by Crippen LogP contribution is -2.51. The largest absolute Gasteiger partial charge is 0.416 e. The maximum absolute atomic E-state index is 14.0. The van der Waals surface area contributed by atoms with E-state index in [4.69, 9.17) is 16.3 Å². The number of amides is 2. The van der Waals surface area contributed by atoms with Crippen LogP contribution in [-0.2, 0) is 9.53 Å². The first-order chi connectivity index (χ1) is 15.0. The van der Waals surface area contributed by atoms with Gasteiger partial charge in [-0.1, -0.05) is 18.2 Å². The number of halogens is 5. The van der Waals surface area contributed by atoms with Crippen LogP contribution in [-0.4, -0.2) is 59.1 Å². The zero-order valence-electron chi connectivity index (χ0n) is 16.6. The number of hydrogen-bond donors (Lipinski definition) is 1. The predicted octanol–water partition coefficient (Wildman–Crippen LogP) is 3.31. The van der Waals surface area contributed by atoms with Crippen molar-refractivity contribution in [1.29, 1.82) is 0 Å². The van der Waals surface area contributed by atoms with Gasteiger partial charge in [-0.2, -0.15) is 17.6 Å². The van der Waals surface area contributed by atoms with Gasteiger partial charge in [-0.25, -0.2) is 9.97 Å². The molecule has 7 nitrogen and oxygen atoms in total. The molecule has 170 valence electrons. The van der Waals surface area contributed by atoms with Gasteiger partial charge in [0.25, 0.3) is 5.91 Å². The molecule has 0 radical (unpaired) electrons. The summed E-state index contributed by atoms with van der Waals surface area (Å²) in [7, 11) is 1.35. The Bertz CT molecular complexity index is 1060. The fraction of sp³-hybridized carbons (Fsp3) is 0.300. The normalized spacial score (nSPS) is 18.9. The van der Waals surface area contributed by atoms with Gasteiger partial charge in [0.05, 0.1) is 18.8 Å². The summed E-state index contributed by atoms with van der Waals surface area (Å²) in [5, 5.41) is 2.21. The van der Waals surface area contributed by atoms with Crippen LogP contribution in [0, 0.1) is 5.95 Å². The molecule has 0 spiro atoms. The van der Waals surface area contributed by atoms with Gasteiger partial charge in [-0.15, -0.1) is 0 Å². The Morgan fingerprint density at radius 2 is 1.97 bits per heavy atom. The molecule has 2 aromatic heterocycles. The number of rotatable bonds is 4. The number of pyridine rings is 2. The zero-order chi connectivity index (χ0) is 23.6. The predicted molar refractivity (Wildman–Crippen MR) is 106 cm³/mol. The summed E-state index contributed by atoms with van der Waals surface area (Å²) in [4.78, 5) is 32.4. The van der Waals surface area contributed by atoms with Crippen molar-refractivity contribution in [1.82, 2.24) is 20.2 Å². The lowest BCUT2D eigenvalue weighted by molar-refractivity contribution is -0.253. The van der Waals surface area contributed by atoms with Crippen LogP contribution in [0.1, 0.15) is 22.2 Å². The van der Waals surface area contributed by atoms with Crippen molar-refractivity contribution in [2.45, 2.75) is 18.4 Å². The molecule has 1 fully saturated rings. The van der Waals surface area contributed by atoms with E-state index in [0.717, 1.165) is 17.0 Å². The zero-order valence-corrected chi connectivity index (χ0v) is 17.4. The van der Waals surface area contributed by atoms with Gasteiger partial charge < -0.3 is 15.0 Å². The minimum absolute atomic E-state index is 0.0817. The van der Waals surface area contributed by atoms with E-state index < -0.39 is 42.7 Å². The van der Waals surface area contributed by atoms with E-state index in [1.807, 2.05) is 0 Å². The number of morpholine rings is 1.